The molecule has 0 unspecified atom stereocenters. The molecule has 0 N–H and O–H groups in total. The summed E-state index contributed by atoms with van der Waals surface area (Å²) in [5.74, 6) is 0.0284. The van der Waals surface area contributed by atoms with Gasteiger partial charge in [0, 0.05) is 39.5 Å². The fourth-order valence-electron chi connectivity index (χ4n) is 3.47. The number of hydrogen-bond acceptors (Lipinski definition) is 6. The van der Waals surface area contributed by atoms with Crippen molar-refractivity contribution < 1.29 is 22.7 Å². The van der Waals surface area contributed by atoms with Crippen molar-refractivity contribution in [2.75, 3.05) is 46.5 Å². The van der Waals surface area contributed by atoms with Crippen molar-refractivity contribution in [3.63, 3.8) is 0 Å². The van der Waals surface area contributed by atoms with Crippen LogP contribution in [0.1, 0.15) is 36.7 Å². The molecule has 32 heavy (non-hydrogen) atoms. The van der Waals surface area contributed by atoms with Gasteiger partial charge in [0.2, 0.25) is 15.9 Å². The van der Waals surface area contributed by atoms with Crippen molar-refractivity contribution in [3.8, 4) is 5.88 Å². The molecule has 8 nitrogen and oxygen atoms in total. The third-order valence-electron chi connectivity index (χ3n) is 5.41. The summed E-state index contributed by atoms with van der Waals surface area (Å²) in [5.41, 5.74) is 1.39. The Labute approximate surface area is 190 Å². The number of sulfonamides is 1. The molecular weight excluding hydrogens is 430 g/mol. The lowest BCUT2D eigenvalue weighted by atomic mass is 9.87. The second kappa shape index (κ2) is 9.97. The molecule has 3 rings (SSSR count). The molecule has 0 atom stereocenters. The number of pyridine rings is 1. The highest BCUT2D eigenvalue weighted by Gasteiger charge is 2.31. The zero-order chi connectivity index (χ0) is 23.4. The van der Waals surface area contributed by atoms with E-state index in [2.05, 4.69) is 25.8 Å². The Kier molecular flexibility index (Phi) is 7.53. The molecule has 1 aliphatic rings. The summed E-state index contributed by atoms with van der Waals surface area (Å²) < 4.78 is 38.1. The van der Waals surface area contributed by atoms with Crippen molar-refractivity contribution in [3.05, 3.63) is 53.7 Å². The highest BCUT2D eigenvalue weighted by molar-refractivity contribution is 7.89. The molecule has 0 radical (unpaired) electrons. The van der Waals surface area contributed by atoms with Crippen molar-refractivity contribution in [2.24, 2.45) is 0 Å². The smallest absolute Gasteiger partial charge is 0.259 e. The molecule has 0 aliphatic carbocycles. The van der Waals surface area contributed by atoms with Gasteiger partial charge in [-0.15, -0.1) is 0 Å². The van der Waals surface area contributed by atoms with E-state index in [-0.39, 0.29) is 41.8 Å². The van der Waals surface area contributed by atoms with Crippen LogP contribution in [-0.4, -0.2) is 75.0 Å². The second-order valence-electron chi connectivity index (χ2n) is 8.67. The van der Waals surface area contributed by atoms with E-state index in [1.807, 2.05) is 12.1 Å². The largest absolute Gasteiger partial charge is 0.475 e. The van der Waals surface area contributed by atoms with E-state index in [1.165, 1.54) is 4.31 Å². The van der Waals surface area contributed by atoms with Crippen LogP contribution in [0.3, 0.4) is 0 Å². The SMILES string of the molecule is COCCOc1ncccc1C(=O)N1CCN(S(=O)(=O)c2ccc(C(C)(C)C)cc2)CC1. The van der Waals surface area contributed by atoms with Gasteiger partial charge in [0.25, 0.3) is 5.91 Å². The third kappa shape index (κ3) is 5.46. The number of carbonyl (C=O) groups is 1. The first-order valence-electron chi connectivity index (χ1n) is 10.6. The Balaban J connectivity index is 1.66. The fraction of sp³-hybridized carbons (Fsp3) is 0.478. The number of ether oxygens (including phenoxy) is 2. The molecule has 2 heterocycles. The normalized spacial score (nSPS) is 15.6. The number of nitrogens with zero attached hydrogens (tertiary/aromatic N) is 3. The van der Waals surface area contributed by atoms with Crippen molar-refractivity contribution in [2.45, 2.75) is 31.1 Å². The molecule has 1 fully saturated rings. The summed E-state index contributed by atoms with van der Waals surface area (Å²) in [6, 6.07) is 10.4. The van der Waals surface area contributed by atoms with Gasteiger partial charge in [-0.05, 0) is 35.2 Å². The topological polar surface area (TPSA) is 89.0 Å². The van der Waals surface area contributed by atoms with Crippen molar-refractivity contribution in [1.82, 2.24) is 14.2 Å². The first-order chi connectivity index (χ1) is 15.1. The van der Waals surface area contributed by atoms with Crippen LogP contribution < -0.4 is 4.74 Å². The Morgan fingerprint density at radius 2 is 1.69 bits per heavy atom. The zero-order valence-electron chi connectivity index (χ0n) is 19.1. The van der Waals surface area contributed by atoms with E-state index in [1.54, 1.807) is 42.5 Å². The van der Waals surface area contributed by atoms with Crippen LogP contribution in [0.2, 0.25) is 0 Å². The molecule has 1 aromatic heterocycles. The van der Waals surface area contributed by atoms with Crippen molar-refractivity contribution >= 4 is 15.9 Å². The standard InChI is InChI=1S/C23H31N3O5S/c1-23(2,3)18-7-9-19(10-8-18)32(28,29)26-14-12-25(13-15-26)22(27)20-6-5-11-24-21(20)31-17-16-30-4/h5-11H,12-17H2,1-4H3. The van der Waals surface area contributed by atoms with Gasteiger partial charge in [-0.3, -0.25) is 4.79 Å². The van der Waals surface area contributed by atoms with E-state index < -0.39 is 10.0 Å². The highest BCUT2D eigenvalue weighted by atomic mass is 32.2. The highest BCUT2D eigenvalue weighted by Crippen LogP contribution is 2.25. The molecule has 0 bridgehead atoms. The van der Waals surface area contributed by atoms with E-state index >= 15 is 0 Å². The maximum atomic E-state index is 13.1. The predicted molar refractivity (Wildman–Crippen MR) is 121 cm³/mol. The number of rotatable bonds is 7. The number of aromatic nitrogens is 1. The minimum absolute atomic E-state index is 0.0489. The number of carbonyl (C=O) groups excluding carboxylic acids is 1. The quantitative estimate of drug-likeness (QED) is 0.589. The first-order valence-corrected chi connectivity index (χ1v) is 12.1. The average Bonchev–Trinajstić information content (AvgIpc) is 2.79. The van der Waals surface area contributed by atoms with E-state index in [9.17, 15) is 13.2 Å². The lowest BCUT2D eigenvalue weighted by Gasteiger charge is -2.34. The van der Waals surface area contributed by atoms with Gasteiger partial charge in [0.1, 0.15) is 12.2 Å². The van der Waals surface area contributed by atoms with Crippen LogP contribution >= 0.6 is 0 Å². The van der Waals surface area contributed by atoms with Gasteiger partial charge < -0.3 is 14.4 Å². The van der Waals surface area contributed by atoms with Crippen LogP contribution in [0.4, 0.5) is 0 Å². The number of benzene rings is 1. The van der Waals surface area contributed by atoms with Crippen LogP contribution in [0.5, 0.6) is 5.88 Å². The molecular formula is C23H31N3O5S. The Morgan fingerprint density at radius 3 is 2.28 bits per heavy atom. The number of piperazine rings is 1. The molecule has 2 aromatic rings. The molecule has 174 valence electrons. The summed E-state index contributed by atoms with van der Waals surface area (Å²) in [6.07, 6.45) is 1.56. The molecule has 0 saturated carbocycles. The minimum Gasteiger partial charge on any atom is -0.475 e. The van der Waals surface area contributed by atoms with Crippen molar-refractivity contribution in [1.29, 1.82) is 0 Å². The fourth-order valence-corrected chi connectivity index (χ4v) is 4.89. The Bertz CT molecular complexity index is 1020. The average molecular weight is 462 g/mol. The number of methoxy groups -OCH3 is 1. The van der Waals surface area contributed by atoms with Gasteiger partial charge in [0.15, 0.2) is 0 Å². The molecule has 1 aromatic carbocycles. The van der Waals surface area contributed by atoms with Crippen LogP contribution in [0.25, 0.3) is 0 Å². The first kappa shape index (κ1) is 24.2. The predicted octanol–water partition coefficient (Wildman–Crippen LogP) is 2.55. The number of amides is 1. The third-order valence-corrected chi connectivity index (χ3v) is 7.32. The molecule has 0 spiro atoms. The Hall–Kier alpha value is -2.49. The minimum atomic E-state index is -3.62. The van der Waals surface area contributed by atoms with Gasteiger partial charge in [-0.1, -0.05) is 32.9 Å². The summed E-state index contributed by atoms with van der Waals surface area (Å²) in [4.78, 5) is 19.1. The monoisotopic (exact) mass is 461 g/mol. The molecule has 1 saturated heterocycles. The van der Waals surface area contributed by atoms with Gasteiger partial charge in [-0.2, -0.15) is 4.31 Å². The summed E-state index contributed by atoms with van der Waals surface area (Å²) in [7, 11) is -2.05. The maximum Gasteiger partial charge on any atom is 0.259 e. The van der Waals surface area contributed by atoms with E-state index in [4.69, 9.17) is 9.47 Å². The van der Waals surface area contributed by atoms with Crippen LogP contribution in [-0.2, 0) is 20.2 Å². The van der Waals surface area contributed by atoms with E-state index in [0.717, 1.165) is 5.56 Å². The van der Waals surface area contributed by atoms with Crippen LogP contribution in [0, 0.1) is 0 Å². The second-order valence-corrected chi connectivity index (χ2v) is 10.6. The summed E-state index contributed by atoms with van der Waals surface area (Å²) >= 11 is 0. The van der Waals surface area contributed by atoms with E-state index in [0.29, 0.717) is 25.3 Å². The maximum absolute atomic E-state index is 13.1. The Morgan fingerprint density at radius 1 is 1.03 bits per heavy atom. The van der Waals surface area contributed by atoms with Crippen LogP contribution in [0.15, 0.2) is 47.5 Å². The zero-order valence-corrected chi connectivity index (χ0v) is 19.9. The molecule has 1 aliphatic heterocycles. The molecule has 1 amide bonds. The number of hydrogen-bond donors (Lipinski definition) is 0. The van der Waals surface area contributed by atoms with Gasteiger partial charge in [0.05, 0.1) is 11.5 Å². The lowest BCUT2D eigenvalue weighted by Crippen LogP contribution is -2.50. The lowest BCUT2D eigenvalue weighted by molar-refractivity contribution is 0.0689. The summed E-state index contributed by atoms with van der Waals surface area (Å²) in [5, 5.41) is 0. The van der Waals surface area contributed by atoms with Gasteiger partial charge >= 0.3 is 0 Å². The van der Waals surface area contributed by atoms with Gasteiger partial charge in [-0.25, -0.2) is 13.4 Å². The summed E-state index contributed by atoms with van der Waals surface area (Å²) in [6.45, 7) is 7.99. The molecule has 9 heteroatoms.